The number of amides is 1. The second-order valence-corrected chi connectivity index (χ2v) is 4.56. The lowest BCUT2D eigenvalue weighted by molar-refractivity contribution is 0.102. The Labute approximate surface area is 112 Å². The first kappa shape index (κ1) is 12.8. The summed E-state index contributed by atoms with van der Waals surface area (Å²) < 4.78 is 13.3. The van der Waals surface area contributed by atoms with E-state index in [1.54, 1.807) is 6.20 Å². The Balaban J connectivity index is 2.19. The third-order valence-electron chi connectivity index (χ3n) is 2.52. The molecule has 6 heteroatoms. The lowest BCUT2D eigenvalue weighted by atomic mass is 10.2. The lowest BCUT2D eigenvalue weighted by Gasteiger charge is -2.05. The summed E-state index contributed by atoms with van der Waals surface area (Å²) in [4.78, 5) is 11.9. The summed E-state index contributed by atoms with van der Waals surface area (Å²) in [6.45, 7) is 1.97. The highest BCUT2D eigenvalue weighted by molar-refractivity contribution is 9.10. The first-order valence-electron chi connectivity index (χ1n) is 5.40. The van der Waals surface area contributed by atoms with Gasteiger partial charge in [0.15, 0.2) is 0 Å². The van der Waals surface area contributed by atoms with Crippen molar-refractivity contribution in [3.8, 4) is 0 Å². The third-order valence-corrected chi connectivity index (χ3v) is 3.13. The maximum absolute atomic E-state index is 13.1. The normalized spacial score (nSPS) is 10.4. The fourth-order valence-electron chi connectivity index (χ4n) is 1.51. The first-order valence-corrected chi connectivity index (χ1v) is 6.19. The SMILES string of the molecule is CCc1cn[nH]c1NC(=O)c1ccc(F)c(Br)c1. The van der Waals surface area contributed by atoms with Crippen LogP contribution in [-0.2, 0) is 6.42 Å². The number of rotatable bonds is 3. The van der Waals surface area contributed by atoms with E-state index in [-0.39, 0.29) is 10.4 Å². The average molecular weight is 312 g/mol. The zero-order valence-corrected chi connectivity index (χ0v) is 11.2. The van der Waals surface area contributed by atoms with Gasteiger partial charge in [0.1, 0.15) is 11.6 Å². The van der Waals surface area contributed by atoms with Gasteiger partial charge in [-0.1, -0.05) is 6.92 Å². The lowest BCUT2D eigenvalue weighted by Crippen LogP contribution is -2.13. The molecule has 0 aliphatic heterocycles. The molecule has 94 valence electrons. The largest absolute Gasteiger partial charge is 0.307 e. The second kappa shape index (κ2) is 5.30. The molecule has 18 heavy (non-hydrogen) atoms. The minimum Gasteiger partial charge on any atom is -0.307 e. The van der Waals surface area contributed by atoms with E-state index in [2.05, 4.69) is 31.4 Å². The van der Waals surface area contributed by atoms with Crippen LogP contribution in [0.15, 0.2) is 28.9 Å². The summed E-state index contributed by atoms with van der Waals surface area (Å²) in [5.41, 5.74) is 1.30. The van der Waals surface area contributed by atoms with Crippen LogP contribution in [0.1, 0.15) is 22.8 Å². The van der Waals surface area contributed by atoms with Gasteiger partial charge in [-0.15, -0.1) is 0 Å². The van der Waals surface area contributed by atoms with Crippen molar-refractivity contribution in [1.82, 2.24) is 10.2 Å². The molecule has 2 N–H and O–H groups in total. The smallest absolute Gasteiger partial charge is 0.256 e. The molecule has 1 aromatic heterocycles. The van der Waals surface area contributed by atoms with Crippen molar-refractivity contribution in [2.45, 2.75) is 13.3 Å². The van der Waals surface area contributed by atoms with Gasteiger partial charge in [0.25, 0.3) is 5.91 Å². The number of nitrogens with one attached hydrogen (secondary N) is 2. The van der Waals surface area contributed by atoms with Gasteiger partial charge < -0.3 is 5.32 Å². The molecule has 1 amide bonds. The number of aromatic amines is 1. The molecule has 0 saturated carbocycles. The van der Waals surface area contributed by atoms with Crippen LogP contribution >= 0.6 is 15.9 Å². The Morgan fingerprint density at radius 1 is 1.56 bits per heavy atom. The number of benzene rings is 1. The molecule has 0 spiro atoms. The molecule has 0 unspecified atom stereocenters. The van der Waals surface area contributed by atoms with E-state index in [0.29, 0.717) is 11.4 Å². The molecular weight excluding hydrogens is 301 g/mol. The fourth-order valence-corrected chi connectivity index (χ4v) is 1.89. The molecule has 2 aromatic rings. The number of aromatic nitrogens is 2. The Bertz CT molecular complexity index is 582. The molecule has 0 saturated heterocycles. The number of hydrogen-bond acceptors (Lipinski definition) is 2. The van der Waals surface area contributed by atoms with E-state index in [4.69, 9.17) is 0 Å². The highest BCUT2D eigenvalue weighted by Gasteiger charge is 2.11. The number of nitrogens with zero attached hydrogens (tertiary/aromatic N) is 1. The number of H-pyrrole nitrogens is 1. The summed E-state index contributed by atoms with van der Waals surface area (Å²) in [5, 5.41) is 9.28. The Kier molecular flexibility index (Phi) is 3.76. The van der Waals surface area contributed by atoms with Gasteiger partial charge in [-0.25, -0.2) is 4.39 Å². The summed E-state index contributed by atoms with van der Waals surface area (Å²) in [6.07, 6.45) is 2.43. The van der Waals surface area contributed by atoms with Gasteiger partial charge in [-0.2, -0.15) is 5.10 Å². The van der Waals surface area contributed by atoms with Crippen molar-refractivity contribution in [1.29, 1.82) is 0 Å². The van der Waals surface area contributed by atoms with E-state index in [0.717, 1.165) is 12.0 Å². The third kappa shape index (κ3) is 2.59. The quantitative estimate of drug-likeness (QED) is 0.915. The van der Waals surface area contributed by atoms with Crippen LogP contribution in [0.3, 0.4) is 0 Å². The Hall–Kier alpha value is -1.69. The van der Waals surface area contributed by atoms with Crippen molar-refractivity contribution in [3.63, 3.8) is 0 Å². The van der Waals surface area contributed by atoms with Crippen molar-refractivity contribution in [3.05, 3.63) is 45.8 Å². The van der Waals surface area contributed by atoms with Gasteiger partial charge in [-0.3, -0.25) is 9.89 Å². The van der Waals surface area contributed by atoms with Crippen molar-refractivity contribution < 1.29 is 9.18 Å². The van der Waals surface area contributed by atoms with Crippen molar-refractivity contribution in [2.24, 2.45) is 0 Å². The monoisotopic (exact) mass is 311 g/mol. The molecule has 1 aromatic carbocycles. The Morgan fingerprint density at radius 3 is 3.00 bits per heavy atom. The molecule has 0 atom stereocenters. The summed E-state index contributed by atoms with van der Waals surface area (Å²) in [5.74, 6) is -0.139. The highest BCUT2D eigenvalue weighted by Crippen LogP contribution is 2.18. The average Bonchev–Trinajstić information content (AvgIpc) is 2.79. The zero-order chi connectivity index (χ0) is 13.1. The van der Waals surface area contributed by atoms with Crippen LogP contribution in [-0.4, -0.2) is 16.1 Å². The zero-order valence-electron chi connectivity index (χ0n) is 9.63. The Morgan fingerprint density at radius 2 is 2.33 bits per heavy atom. The summed E-state index contributed by atoms with van der Waals surface area (Å²) in [7, 11) is 0. The molecule has 4 nitrogen and oxygen atoms in total. The minimum atomic E-state index is -0.401. The molecule has 0 fully saturated rings. The van der Waals surface area contributed by atoms with E-state index in [1.807, 2.05) is 6.92 Å². The van der Waals surface area contributed by atoms with Gasteiger partial charge in [0.2, 0.25) is 0 Å². The molecule has 2 rings (SSSR count). The highest BCUT2D eigenvalue weighted by atomic mass is 79.9. The maximum atomic E-state index is 13.1. The van der Waals surface area contributed by atoms with E-state index >= 15 is 0 Å². The molecule has 0 bridgehead atoms. The number of hydrogen-bond donors (Lipinski definition) is 2. The molecule has 0 radical (unpaired) electrons. The number of anilines is 1. The van der Waals surface area contributed by atoms with Gasteiger partial charge in [0.05, 0.1) is 10.7 Å². The van der Waals surface area contributed by atoms with Crippen LogP contribution in [0, 0.1) is 5.82 Å². The number of carbonyl (C=O) groups is 1. The van der Waals surface area contributed by atoms with E-state index in [9.17, 15) is 9.18 Å². The summed E-state index contributed by atoms with van der Waals surface area (Å²) >= 11 is 3.05. The first-order chi connectivity index (χ1) is 8.61. The van der Waals surface area contributed by atoms with E-state index < -0.39 is 5.82 Å². The van der Waals surface area contributed by atoms with Crippen molar-refractivity contribution in [2.75, 3.05) is 5.32 Å². The van der Waals surface area contributed by atoms with Crippen LogP contribution in [0.25, 0.3) is 0 Å². The molecular formula is C12H11BrFN3O. The van der Waals surface area contributed by atoms with E-state index in [1.165, 1.54) is 18.2 Å². The molecule has 1 heterocycles. The van der Waals surface area contributed by atoms with Gasteiger partial charge in [0, 0.05) is 11.1 Å². The maximum Gasteiger partial charge on any atom is 0.256 e. The fraction of sp³-hybridized carbons (Fsp3) is 0.167. The van der Waals surface area contributed by atoms with Gasteiger partial charge >= 0.3 is 0 Å². The predicted octanol–water partition coefficient (Wildman–Crippen LogP) is 3.13. The standard InChI is InChI=1S/C12H11BrFN3O/c1-2-7-6-15-17-11(7)16-12(18)8-3-4-10(14)9(13)5-8/h3-6H,2H2,1H3,(H2,15,16,17,18). The van der Waals surface area contributed by atoms with Crippen LogP contribution in [0.5, 0.6) is 0 Å². The summed E-state index contributed by atoms with van der Waals surface area (Å²) in [6, 6.07) is 4.11. The van der Waals surface area contributed by atoms with Crippen LogP contribution < -0.4 is 5.32 Å². The predicted molar refractivity (Wildman–Crippen MR) is 70.0 cm³/mol. The van der Waals surface area contributed by atoms with Crippen LogP contribution in [0.2, 0.25) is 0 Å². The topological polar surface area (TPSA) is 57.8 Å². The number of halogens is 2. The van der Waals surface area contributed by atoms with Crippen molar-refractivity contribution >= 4 is 27.7 Å². The number of carbonyl (C=O) groups excluding carboxylic acids is 1. The van der Waals surface area contributed by atoms with Gasteiger partial charge in [-0.05, 0) is 40.5 Å². The molecule has 0 aliphatic rings. The minimum absolute atomic E-state index is 0.260. The number of aryl methyl sites for hydroxylation is 1. The molecule has 0 aliphatic carbocycles. The second-order valence-electron chi connectivity index (χ2n) is 3.71. The van der Waals surface area contributed by atoms with Crippen LogP contribution in [0.4, 0.5) is 10.2 Å².